The first-order chi connectivity index (χ1) is 11.0. The molecule has 0 atom stereocenters. The van der Waals surface area contributed by atoms with Gasteiger partial charge in [0.15, 0.2) is 11.4 Å². The van der Waals surface area contributed by atoms with Crippen molar-refractivity contribution in [3.63, 3.8) is 0 Å². The Kier molecular flexibility index (Phi) is 9.23. The van der Waals surface area contributed by atoms with E-state index < -0.39 is 0 Å². The molecule has 23 heavy (non-hydrogen) atoms. The van der Waals surface area contributed by atoms with Crippen molar-refractivity contribution in [1.29, 1.82) is 0 Å². The van der Waals surface area contributed by atoms with Gasteiger partial charge in [0.1, 0.15) is 0 Å². The van der Waals surface area contributed by atoms with Gasteiger partial charge in [-0.1, -0.05) is 36.4 Å². The van der Waals surface area contributed by atoms with Gasteiger partial charge in [0.2, 0.25) is 0 Å². The van der Waals surface area contributed by atoms with E-state index in [0.29, 0.717) is 0 Å². The Labute approximate surface area is 149 Å². The second kappa shape index (κ2) is 10.6. The molecule has 122 valence electrons. The van der Waals surface area contributed by atoms with Crippen molar-refractivity contribution in [3.8, 4) is 0 Å². The minimum absolute atomic E-state index is 0.0392. The monoisotopic (exact) mass is 374 g/mol. The van der Waals surface area contributed by atoms with E-state index >= 15 is 0 Å². The normalized spacial score (nSPS) is 10.1. The molecule has 0 bridgehead atoms. The van der Waals surface area contributed by atoms with Gasteiger partial charge in [0, 0.05) is 50.5 Å². The van der Waals surface area contributed by atoms with Gasteiger partial charge in [-0.15, -0.1) is 0 Å². The second-order valence-corrected chi connectivity index (χ2v) is 14.6. The molecular formula is C17H30N2Si4+2. The van der Waals surface area contributed by atoms with Crippen LogP contribution in [0.15, 0.2) is 60.7 Å². The maximum absolute atomic E-state index is 2.62. The highest BCUT2D eigenvalue weighted by Gasteiger charge is 2.06. The lowest BCUT2D eigenvalue weighted by molar-refractivity contribution is -0.263. The lowest BCUT2D eigenvalue weighted by Gasteiger charge is -2.03. The maximum atomic E-state index is 2.62. The SMILES string of the molecule is C[SiH2][N+](c1ccccc1)=[Si](C)C.C[Si](C)=[N+]([SiH3])c1ccccc1. The van der Waals surface area contributed by atoms with E-state index in [1.165, 1.54) is 11.4 Å². The molecule has 0 radical (unpaired) electrons. The minimum Gasteiger partial charge on any atom is -0.364 e. The van der Waals surface area contributed by atoms with E-state index in [1.807, 2.05) is 0 Å². The van der Waals surface area contributed by atoms with Gasteiger partial charge >= 0.3 is 26.9 Å². The Hall–Kier alpha value is -1.09. The highest BCUT2D eigenvalue weighted by molar-refractivity contribution is 6.44. The van der Waals surface area contributed by atoms with Crippen LogP contribution in [0.5, 0.6) is 0 Å². The van der Waals surface area contributed by atoms with Crippen molar-refractivity contribution in [1.82, 2.24) is 0 Å². The summed E-state index contributed by atoms with van der Waals surface area (Å²) in [4.78, 5) is 0. The predicted molar refractivity (Wildman–Crippen MR) is 112 cm³/mol. The van der Waals surface area contributed by atoms with Gasteiger partial charge in [-0.25, -0.2) is 0 Å². The molecule has 0 aliphatic rings. The van der Waals surface area contributed by atoms with Crippen LogP contribution in [-0.4, -0.2) is 45.0 Å². The molecule has 0 aromatic heterocycles. The maximum Gasteiger partial charge on any atom is 0.314 e. The standard InChI is InChI=1S/C9H16NSi2.C8H14NSi2/c1-11-10(12(2)3)9-7-5-4-6-8-9;1-11(2)9(10)8-6-4-3-5-7-8/h4-8H,11H2,1-3H3;3-7H,1-2,10H3/q2*+1. The third-order valence-electron chi connectivity index (χ3n) is 3.74. The first-order valence-electron chi connectivity index (χ1n) is 8.19. The third-order valence-corrected chi connectivity index (χ3v) is 13.7. The highest BCUT2D eigenvalue weighted by atomic mass is 28.3. The molecule has 0 unspecified atom stereocenters. The average Bonchev–Trinajstić information content (AvgIpc) is 2.57. The van der Waals surface area contributed by atoms with Crippen molar-refractivity contribution < 1.29 is 7.77 Å². The van der Waals surface area contributed by atoms with E-state index in [-0.39, 0.29) is 26.9 Å². The van der Waals surface area contributed by atoms with Crippen LogP contribution < -0.4 is 0 Å². The first-order valence-corrected chi connectivity index (χ1v) is 16.0. The van der Waals surface area contributed by atoms with E-state index in [2.05, 4.69) is 101 Å². The number of benzene rings is 2. The molecule has 6 heteroatoms. The first kappa shape index (κ1) is 20.0. The van der Waals surface area contributed by atoms with Crippen LogP contribution >= 0.6 is 0 Å². The zero-order chi connectivity index (χ0) is 17.2. The van der Waals surface area contributed by atoms with Crippen LogP contribution in [0, 0.1) is 0 Å². The predicted octanol–water partition coefficient (Wildman–Crippen LogP) is 3.11. The lowest BCUT2D eigenvalue weighted by Crippen LogP contribution is -2.15. The van der Waals surface area contributed by atoms with E-state index in [4.69, 9.17) is 0 Å². The molecule has 2 aromatic rings. The van der Waals surface area contributed by atoms with Crippen LogP contribution in [0.25, 0.3) is 0 Å². The molecule has 0 N–H and O–H groups in total. The number of nitrogens with zero attached hydrogens (tertiary/aromatic N) is 2. The number of rotatable bonds is 3. The Morgan fingerprint density at radius 3 is 1.52 bits per heavy atom. The summed E-state index contributed by atoms with van der Waals surface area (Å²) in [6, 6.07) is 21.4. The molecular weight excluding hydrogens is 345 g/mol. The molecule has 0 saturated heterocycles. The van der Waals surface area contributed by atoms with Gasteiger partial charge in [0.25, 0.3) is 10.4 Å². The lowest BCUT2D eigenvalue weighted by atomic mass is 10.3. The Morgan fingerprint density at radius 1 is 0.739 bits per heavy atom. The zero-order valence-electron chi connectivity index (χ0n) is 15.4. The largest absolute Gasteiger partial charge is 0.364 e. The summed E-state index contributed by atoms with van der Waals surface area (Å²) in [5, 5.41) is 0. The molecule has 0 aliphatic heterocycles. The minimum atomic E-state index is -0.281. The fraction of sp³-hybridized carbons (Fsp3) is 0.294. The van der Waals surface area contributed by atoms with Crippen LogP contribution in [0.2, 0.25) is 32.7 Å². The van der Waals surface area contributed by atoms with Gasteiger partial charge in [-0.3, -0.25) is 0 Å². The van der Waals surface area contributed by atoms with Gasteiger partial charge in [-0.05, 0) is 6.55 Å². The summed E-state index contributed by atoms with van der Waals surface area (Å²) in [5.41, 5.74) is 2.81. The molecule has 0 heterocycles. The smallest absolute Gasteiger partial charge is 0.314 e. The summed E-state index contributed by atoms with van der Waals surface area (Å²) in [6.07, 6.45) is 0. The summed E-state index contributed by atoms with van der Waals surface area (Å²) >= 11 is 0. The fourth-order valence-corrected chi connectivity index (χ4v) is 7.01. The van der Waals surface area contributed by atoms with E-state index in [9.17, 15) is 0 Å². The second-order valence-electron chi connectivity index (χ2n) is 5.87. The number of para-hydroxylation sites is 2. The summed E-state index contributed by atoms with van der Waals surface area (Å²) in [6.45, 7) is 11.7. The molecule has 2 nitrogen and oxygen atoms in total. The van der Waals surface area contributed by atoms with Crippen LogP contribution in [0.4, 0.5) is 11.4 Å². The highest BCUT2D eigenvalue weighted by Crippen LogP contribution is 2.09. The Bertz CT molecular complexity index is 660. The zero-order valence-corrected chi connectivity index (χ0v) is 20.8. The quantitative estimate of drug-likeness (QED) is 0.728. The van der Waals surface area contributed by atoms with Crippen LogP contribution in [0.3, 0.4) is 0 Å². The molecule has 2 rings (SSSR count). The fourth-order valence-electron chi connectivity index (χ4n) is 2.27. The van der Waals surface area contributed by atoms with Gasteiger partial charge in [-0.2, -0.15) is 0 Å². The molecule has 0 spiro atoms. The number of hydrogen-bond acceptors (Lipinski definition) is 0. The van der Waals surface area contributed by atoms with E-state index in [1.54, 1.807) is 0 Å². The van der Waals surface area contributed by atoms with Crippen molar-refractivity contribution >= 4 is 48.6 Å². The summed E-state index contributed by atoms with van der Waals surface area (Å²) in [7, 11) is 0.550. The van der Waals surface area contributed by atoms with Gasteiger partial charge in [0.05, 0.1) is 0 Å². The molecule has 0 saturated carbocycles. The molecule has 0 amide bonds. The molecule has 0 aliphatic carbocycles. The summed E-state index contributed by atoms with van der Waals surface area (Å²) < 4.78 is 5.11. The average molecular weight is 375 g/mol. The van der Waals surface area contributed by atoms with E-state index in [0.717, 1.165) is 10.4 Å². The molecule has 2 aromatic carbocycles. The van der Waals surface area contributed by atoms with Crippen molar-refractivity contribution in [2.75, 3.05) is 0 Å². The van der Waals surface area contributed by atoms with Crippen LogP contribution in [-0.2, 0) is 0 Å². The van der Waals surface area contributed by atoms with Crippen molar-refractivity contribution in [3.05, 3.63) is 60.7 Å². The van der Waals surface area contributed by atoms with Crippen LogP contribution in [0.1, 0.15) is 0 Å². The third kappa shape index (κ3) is 6.90. The number of hydrogen-bond donors (Lipinski definition) is 0. The Morgan fingerprint density at radius 2 is 1.17 bits per heavy atom. The topological polar surface area (TPSA) is 6.02 Å². The Balaban J connectivity index is 0.000000231. The summed E-state index contributed by atoms with van der Waals surface area (Å²) in [5.74, 6) is 0. The van der Waals surface area contributed by atoms with Crippen molar-refractivity contribution in [2.45, 2.75) is 32.7 Å². The molecule has 0 fully saturated rings. The van der Waals surface area contributed by atoms with Gasteiger partial charge < -0.3 is 7.77 Å². The van der Waals surface area contributed by atoms with Crippen molar-refractivity contribution in [2.24, 2.45) is 0 Å².